The summed E-state index contributed by atoms with van der Waals surface area (Å²) in [6.45, 7) is 13.3. The molecule has 2 aliphatic heterocycles. The molecule has 0 saturated carbocycles. The Morgan fingerprint density at radius 1 is 0.783 bits per heavy atom. The maximum Gasteiger partial charge on any atom is 0.254 e. The summed E-state index contributed by atoms with van der Waals surface area (Å²) in [4.78, 5) is 37.8. The van der Waals surface area contributed by atoms with Gasteiger partial charge in [-0.25, -0.2) is 0 Å². The molecule has 0 unspecified atom stereocenters. The fourth-order valence-corrected chi connectivity index (χ4v) is 6.66. The van der Waals surface area contributed by atoms with Gasteiger partial charge in [0.25, 0.3) is 5.91 Å². The number of nitrogens with zero attached hydrogens (tertiary/aromatic N) is 4. The number of unbranched alkanes of at least 4 members (excludes halogenated alkanes) is 5. The number of anilines is 1. The predicted molar refractivity (Wildman–Crippen MR) is 188 cm³/mol. The number of benzene rings is 3. The quantitative estimate of drug-likeness (QED) is 0.112. The van der Waals surface area contributed by atoms with Crippen LogP contribution in [0.5, 0.6) is 0 Å². The number of amides is 2. The van der Waals surface area contributed by atoms with Gasteiger partial charge < -0.3 is 19.1 Å². The molecule has 1 saturated heterocycles. The van der Waals surface area contributed by atoms with Gasteiger partial charge in [0, 0.05) is 92.1 Å². The van der Waals surface area contributed by atoms with Crippen molar-refractivity contribution in [2.45, 2.75) is 72.6 Å². The van der Waals surface area contributed by atoms with E-state index in [0.717, 1.165) is 70.4 Å². The Morgan fingerprint density at radius 2 is 1.50 bits per heavy atom. The first-order valence-electron chi connectivity index (χ1n) is 17.4. The van der Waals surface area contributed by atoms with Gasteiger partial charge in [-0.15, -0.1) is 0 Å². The van der Waals surface area contributed by atoms with Crippen LogP contribution in [0.4, 0.5) is 5.69 Å². The van der Waals surface area contributed by atoms with Crippen molar-refractivity contribution in [3.05, 3.63) is 71.6 Å². The Hall–Kier alpha value is -4.13. The second kappa shape index (κ2) is 15.9. The molecule has 1 fully saturated rings. The molecule has 0 spiro atoms. The first-order chi connectivity index (χ1) is 22.5. The zero-order chi connectivity index (χ0) is 32.5. The molecule has 0 N–H and O–H groups in total. The Bertz CT molecular complexity index is 1660. The van der Waals surface area contributed by atoms with Crippen molar-refractivity contribution in [1.29, 1.82) is 0 Å². The Balaban J connectivity index is 1.44. The van der Waals surface area contributed by atoms with Crippen molar-refractivity contribution in [2.75, 3.05) is 50.7 Å². The van der Waals surface area contributed by atoms with Gasteiger partial charge in [0.1, 0.15) is 11.3 Å². The maximum atomic E-state index is 14.2. The van der Waals surface area contributed by atoms with Gasteiger partial charge in [-0.3, -0.25) is 14.6 Å². The van der Waals surface area contributed by atoms with Crippen LogP contribution in [0.15, 0.2) is 70.1 Å². The van der Waals surface area contributed by atoms with Crippen molar-refractivity contribution in [1.82, 2.24) is 9.80 Å². The highest BCUT2D eigenvalue weighted by Gasteiger charge is 2.28. The molecule has 3 aliphatic rings. The van der Waals surface area contributed by atoms with Crippen LogP contribution >= 0.6 is 0 Å². The number of hydrogen-bond donors (Lipinski definition) is 0. The normalized spacial score (nSPS) is 14.0. The van der Waals surface area contributed by atoms with Gasteiger partial charge in [-0.1, -0.05) is 57.2 Å². The lowest BCUT2D eigenvalue weighted by molar-refractivity contribution is -0.132. The highest BCUT2D eigenvalue weighted by atomic mass is 16.3. The fraction of sp³-hybridized carbons (Fsp3) is 0.462. The van der Waals surface area contributed by atoms with Gasteiger partial charge in [-0.2, -0.15) is 0 Å². The topological polar surface area (TPSA) is 69.4 Å². The van der Waals surface area contributed by atoms with Crippen LogP contribution in [-0.4, -0.2) is 67.4 Å². The number of piperazine rings is 1. The zero-order valence-corrected chi connectivity index (χ0v) is 28.2. The molecule has 2 aromatic rings. The third kappa shape index (κ3) is 7.46. The van der Waals surface area contributed by atoms with Crippen molar-refractivity contribution in [2.24, 2.45) is 4.99 Å². The lowest BCUT2D eigenvalue weighted by Crippen LogP contribution is -2.50. The van der Waals surface area contributed by atoms with Gasteiger partial charge in [-0.05, 0) is 63.1 Å². The average molecular weight is 623 g/mol. The molecule has 0 atom stereocenters. The second-order valence-electron chi connectivity index (χ2n) is 12.2. The minimum atomic E-state index is -0.00178. The van der Waals surface area contributed by atoms with Crippen LogP contribution in [0, 0.1) is 0 Å². The van der Waals surface area contributed by atoms with E-state index in [1.807, 2.05) is 53.1 Å². The summed E-state index contributed by atoms with van der Waals surface area (Å²) in [5, 5.41) is 1.84. The average Bonchev–Trinajstić information content (AvgIpc) is 3.09. The van der Waals surface area contributed by atoms with Crippen molar-refractivity contribution in [3.8, 4) is 22.5 Å². The molecule has 0 aromatic heterocycles. The minimum absolute atomic E-state index is 0.00178. The van der Waals surface area contributed by atoms with Crippen LogP contribution in [0.25, 0.3) is 33.4 Å². The molecule has 46 heavy (non-hydrogen) atoms. The van der Waals surface area contributed by atoms with E-state index in [0.29, 0.717) is 44.7 Å². The first-order valence-corrected chi connectivity index (χ1v) is 17.4. The summed E-state index contributed by atoms with van der Waals surface area (Å²) >= 11 is 0. The van der Waals surface area contributed by atoms with E-state index in [9.17, 15) is 9.59 Å². The molecule has 0 radical (unpaired) electrons. The molecular weight excluding hydrogens is 572 g/mol. The standard InChI is InChI=1S/C39H50N4O3/c1-5-9-10-11-12-13-18-37(44)42-23-25-43(26-24-42)39(45)32-17-15-14-16-31(32)38-33-21-19-29(40-6-2)27-35(33)46-36-28-30(20-22-34(36)38)41(7-3)8-4/h14-17,19-22,27-28H,5-13,18,23-26H2,1-4H3/b40-29-. The van der Waals surface area contributed by atoms with Crippen molar-refractivity contribution < 1.29 is 14.0 Å². The molecule has 2 amide bonds. The van der Waals surface area contributed by atoms with E-state index in [2.05, 4.69) is 54.9 Å². The Kier molecular flexibility index (Phi) is 11.5. The molecule has 7 nitrogen and oxygen atoms in total. The Morgan fingerprint density at radius 3 is 2.24 bits per heavy atom. The number of hydrogen-bond acceptors (Lipinski definition) is 5. The summed E-state index contributed by atoms with van der Waals surface area (Å²) in [7, 11) is 0. The van der Waals surface area contributed by atoms with Crippen LogP contribution in [0.3, 0.4) is 0 Å². The lowest BCUT2D eigenvalue weighted by atomic mass is 9.90. The summed E-state index contributed by atoms with van der Waals surface area (Å²) in [5.41, 5.74) is 5.37. The largest absolute Gasteiger partial charge is 0.456 e. The lowest BCUT2D eigenvalue weighted by Gasteiger charge is -2.35. The first kappa shape index (κ1) is 33.2. The Labute approximate surface area is 274 Å². The second-order valence-corrected chi connectivity index (χ2v) is 12.2. The molecular formula is C39H50N4O3. The molecule has 244 valence electrons. The van der Waals surface area contributed by atoms with E-state index in [1.54, 1.807) is 0 Å². The zero-order valence-electron chi connectivity index (χ0n) is 28.2. The molecule has 7 heteroatoms. The van der Waals surface area contributed by atoms with Crippen molar-refractivity contribution >= 4 is 28.5 Å². The van der Waals surface area contributed by atoms with Crippen LogP contribution in [0.1, 0.15) is 83.0 Å². The third-order valence-corrected chi connectivity index (χ3v) is 9.25. The highest BCUT2D eigenvalue weighted by molar-refractivity contribution is 6.09. The number of carbonyl (C=O) groups excluding carboxylic acids is 2. The van der Waals surface area contributed by atoms with E-state index in [1.165, 1.54) is 25.7 Å². The summed E-state index contributed by atoms with van der Waals surface area (Å²) in [5.74, 6) is 0.957. The summed E-state index contributed by atoms with van der Waals surface area (Å²) < 4.78 is 6.56. The molecule has 2 heterocycles. The monoisotopic (exact) mass is 622 g/mol. The van der Waals surface area contributed by atoms with E-state index in [4.69, 9.17) is 4.42 Å². The van der Waals surface area contributed by atoms with E-state index < -0.39 is 0 Å². The third-order valence-electron chi connectivity index (χ3n) is 9.25. The fourth-order valence-electron chi connectivity index (χ4n) is 6.66. The molecule has 5 rings (SSSR count). The number of fused-ring (bicyclic) bond motifs is 2. The summed E-state index contributed by atoms with van der Waals surface area (Å²) in [6.07, 6.45) is 7.62. The van der Waals surface area contributed by atoms with Crippen LogP contribution in [0.2, 0.25) is 0 Å². The predicted octanol–water partition coefficient (Wildman–Crippen LogP) is 8.01. The van der Waals surface area contributed by atoms with Gasteiger partial charge in [0.2, 0.25) is 5.91 Å². The van der Waals surface area contributed by atoms with Crippen LogP contribution in [-0.2, 0) is 4.79 Å². The number of carbonyl (C=O) groups is 2. The number of rotatable bonds is 13. The van der Waals surface area contributed by atoms with Gasteiger partial charge in [0.05, 0.1) is 5.36 Å². The van der Waals surface area contributed by atoms with Crippen LogP contribution < -0.4 is 10.3 Å². The molecule has 1 aliphatic carbocycles. The van der Waals surface area contributed by atoms with Crippen molar-refractivity contribution in [3.63, 3.8) is 0 Å². The van der Waals surface area contributed by atoms with Gasteiger partial charge >= 0.3 is 0 Å². The summed E-state index contributed by atoms with van der Waals surface area (Å²) in [6, 6.07) is 20.4. The minimum Gasteiger partial charge on any atom is -0.456 e. The van der Waals surface area contributed by atoms with E-state index in [-0.39, 0.29) is 11.8 Å². The molecule has 0 bridgehead atoms. The van der Waals surface area contributed by atoms with Gasteiger partial charge in [0.15, 0.2) is 0 Å². The highest BCUT2D eigenvalue weighted by Crippen LogP contribution is 2.42. The van der Waals surface area contributed by atoms with E-state index >= 15 is 0 Å². The maximum absolute atomic E-state index is 14.2. The smallest absolute Gasteiger partial charge is 0.254 e. The molecule has 2 aromatic carbocycles. The SMILES string of the molecule is CCCCCCCCC(=O)N1CCN(C(=O)c2ccccc2-c2c3cc/c(=N/CC)cc-3oc3cc(N(CC)CC)ccc23)CC1.